The van der Waals surface area contributed by atoms with E-state index in [1.54, 1.807) is 19.1 Å². The highest BCUT2D eigenvalue weighted by atomic mass is 35.5. The minimum atomic E-state index is -4.02. The van der Waals surface area contributed by atoms with E-state index in [0.717, 1.165) is 5.56 Å². The molecule has 0 heterocycles. The Kier molecular flexibility index (Phi) is 7.58. The number of hydrogen-bond acceptors (Lipinski definition) is 4. The third-order valence-corrected chi connectivity index (χ3v) is 2.82. The minimum absolute atomic E-state index is 0.0478. The van der Waals surface area contributed by atoms with Crippen LogP contribution in [0.5, 0.6) is 0 Å². The second-order valence-electron chi connectivity index (χ2n) is 3.23. The second-order valence-corrected chi connectivity index (χ2v) is 4.92. The Labute approximate surface area is 111 Å². The summed E-state index contributed by atoms with van der Waals surface area (Å²) in [5.41, 5.74) is 0.956. The molecule has 0 aliphatic heterocycles. The van der Waals surface area contributed by atoms with Gasteiger partial charge >= 0.3 is 5.97 Å². The Hall–Kier alpha value is -1.11. The van der Waals surface area contributed by atoms with Crippen molar-refractivity contribution in [2.24, 2.45) is 0 Å². The smallest absolute Gasteiger partial charge is 0.320 e. The van der Waals surface area contributed by atoms with Crippen molar-refractivity contribution in [3.05, 3.63) is 29.8 Å². The quantitative estimate of drug-likeness (QED) is 0.524. The molecule has 1 aromatic carbocycles. The van der Waals surface area contributed by atoms with Gasteiger partial charge in [-0.2, -0.15) is 8.42 Å². The Morgan fingerprint density at radius 2 is 1.83 bits per heavy atom. The van der Waals surface area contributed by atoms with Gasteiger partial charge in [-0.3, -0.25) is 9.35 Å². The van der Waals surface area contributed by atoms with Crippen LogP contribution in [0.15, 0.2) is 29.2 Å². The van der Waals surface area contributed by atoms with Crippen LogP contribution in [0.4, 0.5) is 0 Å². The lowest BCUT2D eigenvalue weighted by atomic mass is 10.2. The summed E-state index contributed by atoms with van der Waals surface area (Å²) in [5.74, 6) is -0.405. The van der Waals surface area contributed by atoms with Gasteiger partial charge in [-0.1, -0.05) is 17.7 Å². The SMILES string of the molecule is CCOC(=O)CCl.Cc1ccc(S(=O)(=O)O)cc1. The zero-order chi connectivity index (χ0) is 14.2. The van der Waals surface area contributed by atoms with Crippen molar-refractivity contribution in [3.63, 3.8) is 0 Å². The zero-order valence-corrected chi connectivity index (χ0v) is 11.7. The summed E-state index contributed by atoms with van der Waals surface area (Å²) in [7, 11) is -4.02. The van der Waals surface area contributed by atoms with Gasteiger partial charge in [0.15, 0.2) is 0 Å². The van der Waals surface area contributed by atoms with Gasteiger partial charge in [0.05, 0.1) is 11.5 Å². The van der Waals surface area contributed by atoms with Crippen LogP contribution >= 0.6 is 11.6 Å². The highest BCUT2D eigenvalue weighted by molar-refractivity contribution is 7.85. The maximum Gasteiger partial charge on any atom is 0.320 e. The summed E-state index contributed by atoms with van der Waals surface area (Å²) in [6.45, 7) is 3.99. The summed E-state index contributed by atoms with van der Waals surface area (Å²) in [4.78, 5) is 9.99. The standard InChI is InChI=1S/C7H8O3S.C4H7ClO2/c1-6-2-4-7(5-3-6)11(8,9)10;1-2-7-4(6)3-5/h2-5H,1H3,(H,8,9,10);2-3H2,1H3. The van der Waals surface area contributed by atoms with Gasteiger partial charge in [0.2, 0.25) is 0 Å². The molecule has 1 aromatic rings. The van der Waals surface area contributed by atoms with E-state index in [1.165, 1.54) is 12.1 Å². The molecule has 7 heteroatoms. The molecule has 0 aromatic heterocycles. The molecule has 0 bridgehead atoms. The van der Waals surface area contributed by atoms with E-state index in [2.05, 4.69) is 4.74 Å². The van der Waals surface area contributed by atoms with E-state index in [1.807, 2.05) is 6.92 Å². The predicted molar refractivity (Wildman–Crippen MR) is 68.3 cm³/mol. The fourth-order valence-corrected chi connectivity index (χ4v) is 1.47. The molecule has 102 valence electrons. The van der Waals surface area contributed by atoms with Gasteiger partial charge in [0.1, 0.15) is 5.88 Å². The molecule has 0 atom stereocenters. The number of carbonyl (C=O) groups excluding carboxylic acids is 1. The molecule has 0 saturated carbocycles. The first kappa shape index (κ1) is 16.9. The molecule has 5 nitrogen and oxygen atoms in total. The fraction of sp³-hybridized carbons (Fsp3) is 0.364. The first-order valence-corrected chi connectivity index (χ1v) is 7.04. The second kappa shape index (κ2) is 8.07. The van der Waals surface area contributed by atoms with Crippen LogP contribution < -0.4 is 0 Å². The molecule has 1 N–H and O–H groups in total. The van der Waals surface area contributed by atoms with Gasteiger partial charge in [-0.25, -0.2) is 0 Å². The average molecular weight is 295 g/mol. The zero-order valence-electron chi connectivity index (χ0n) is 10.1. The number of carbonyl (C=O) groups is 1. The van der Waals surface area contributed by atoms with E-state index in [4.69, 9.17) is 16.2 Å². The maximum absolute atomic E-state index is 10.5. The van der Waals surface area contributed by atoms with E-state index in [9.17, 15) is 13.2 Å². The maximum atomic E-state index is 10.5. The van der Waals surface area contributed by atoms with Crippen LogP contribution in [-0.2, 0) is 19.6 Å². The first-order valence-electron chi connectivity index (χ1n) is 5.07. The van der Waals surface area contributed by atoms with Crippen LogP contribution in [0, 0.1) is 6.92 Å². The largest absolute Gasteiger partial charge is 0.465 e. The lowest BCUT2D eigenvalue weighted by Gasteiger charge is -1.95. The normalized spacial score (nSPS) is 10.2. The fourth-order valence-electron chi connectivity index (χ4n) is 0.910. The summed E-state index contributed by atoms with van der Waals surface area (Å²) in [6.07, 6.45) is 0. The number of aryl methyl sites for hydroxylation is 1. The van der Waals surface area contributed by atoms with E-state index in [0.29, 0.717) is 6.61 Å². The molecule has 0 radical (unpaired) electrons. The molecular weight excluding hydrogens is 280 g/mol. The van der Waals surface area contributed by atoms with Crippen LogP contribution in [0.3, 0.4) is 0 Å². The summed E-state index contributed by atoms with van der Waals surface area (Å²) >= 11 is 5.06. The Morgan fingerprint density at radius 3 is 2.11 bits per heavy atom. The molecule has 0 aliphatic rings. The van der Waals surface area contributed by atoms with Crippen LogP contribution in [0.25, 0.3) is 0 Å². The lowest BCUT2D eigenvalue weighted by Crippen LogP contribution is -2.03. The van der Waals surface area contributed by atoms with Gasteiger partial charge in [0, 0.05) is 0 Å². The number of rotatable bonds is 3. The van der Waals surface area contributed by atoms with Crippen LogP contribution in [-0.4, -0.2) is 31.4 Å². The number of benzene rings is 1. The van der Waals surface area contributed by atoms with Crippen molar-refractivity contribution in [1.29, 1.82) is 0 Å². The first-order chi connectivity index (χ1) is 8.31. The molecule has 0 spiro atoms. The van der Waals surface area contributed by atoms with Crippen molar-refractivity contribution < 1.29 is 22.5 Å². The number of esters is 1. The van der Waals surface area contributed by atoms with Crippen LogP contribution in [0.1, 0.15) is 12.5 Å². The third kappa shape index (κ3) is 7.26. The van der Waals surface area contributed by atoms with Crippen LogP contribution in [0.2, 0.25) is 0 Å². The highest BCUT2D eigenvalue weighted by Gasteiger charge is 2.06. The topological polar surface area (TPSA) is 80.7 Å². The number of alkyl halides is 1. The summed E-state index contributed by atoms with van der Waals surface area (Å²) < 4.78 is 34.0. The Balaban J connectivity index is 0.000000360. The lowest BCUT2D eigenvalue weighted by molar-refractivity contribution is -0.140. The highest BCUT2D eigenvalue weighted by Crippen LogP contribution is 2.08. The van der Waals surface area contributed by atoms with Gasteiger partial charge in [0.25, 0.3) is 10.1 Å². The van der Waals surface area contributed by atoms with E-state index < -0.39 is 10.1 Å². The Morgan fingerprint density at radius 1 is 1.33 bits per heavy atom. The van der Waals surface area contributed by atoms with E-state index in [-0.39, 0.29) is 16.7 Å². The average Bonchev–Trinajstić information content (AvgIpc) is 2.29. The molecule has 0 amide bonds. The summed E-state index contributed by atoms with van der Waals surface area (Å²) in [5, 5.41) is 0. The molecule has 0 fully saturated rings. The van der Waals surface area contributed by atoms with Crippen molar-refractivity contribution in [2.45, 2.75) is 18.7 Å². The van der Waals surface area contributed by atoms with Gasteiger partial charge in [-0.15, -0.1) is 11.6 Å². The molecule has 0 aliphatic carbocycles. The monoisotopic (exact) mass is 294 g/mol. The van der Waals surface area contributed by atoms with Crippen molar-refractivity contribution in [3.8, 4) is 0 Å². The molecule has 1 rings (SSSR count). The molecule has 0 saturated heterocycles. The number of halogens is 1. The molecule has 18 heavy (non-hydrogen) atoms. The van der Waals surface area contributed by atoms with Crippen molar-refractivity contribution in [2.75, 3.05) is 12.5 Å². The number of hydrogen-bond donors (Lipinski definition) is 1. The van der Waals surface area contributed by atoms with Crippen molar-refractivity contribution in [1.82, 2.24) is 0 Å². The van der Waals surface area contributed by atoms with Gasteiger partial charge < -0.3 is 4.74 Å². The number of ether oxygens (including phenoxy) is 1. The minimum Gasteiger partial charge on any atom is -0.465 e. The van der Waals surface area contributed by atoms with Gasteiger partial charge in [-0.05, 0) is 26.0 Å². The van der Waals surface area contributed by atoms with Crippen molar-refractivity contribution >= 4 is 27.7 Å². The molecular formula is C11H15ClO5S. The third-order valence-electron chi connectivity index (χ3n) is 1.73. The molecule has 0 unspecified atom stereocenters. The summed E-state index contributed by atoms with van der Waals surface area (Å²) in [6, 6.07) is 5.99. The Bertz CT molecular complexity index is 467. The predicted octanol–water partition coefficient (Wildman–Crippen LogP) is 2.03. The van der Waals surface area contributed by atoms with E-state index >= 15 is 0 Å².